The molecule has 0 bridgehead atoms. The summed E-state index contributed by atoms with van der Waals surface area (Å²) in [5, 5.41) is 3.25. The predicted octanol–water partition coefficient (Wildman–Crippen LogP) is 3.88. The van der Waals surface area contributed by atoms with Gasteiger partial charge in [-0.05, 0) is 60.3 Å². The zero-order chi connectivity index (χ0) is 13.7. The lowest BCUT2D eigenvalue weighted by Crippen LogP contribution is -2.10. The molecule has 1 aromatic carbocycles. The van der Waals surface area contributed by atoms with Gasteiger partial charge in [0.05, 0.1) is 6.54 Å². The highest BCUT2D eigenvalue weighted by molar-refractivity contribution is 14.1. The fourth-order valence-corrected chi connectivity index (χ4v) is 2.30. The maximum absolute atomic E-state index is 5.79. The smallest absolute Gasteiger partial charge is 0.120 e. The summed E-state index contributed by atoms with van der Waals surface area (Å²) in [7, 11) is 0. The summed E-state index contributed by atoms with van der Waals surface area (Å²) in [5.41, 5.74) is 1.10. The fraction of sp³-hybridized carbons (Fsp3) is 0.333. The Morgan fingerprint density at radius 2 is 2.16 bits per heavy atom. The van der Waals surface area contributed by atoms with Gasteiger partial charge in [0, 0.05) is 9.13 Å². The Morgan fingerprint density at radius 3 is 2.89 bits per heavy atom. The van der Waals surface area contributed by atoms with Crippen molar-refractivity contribution < 1.29 is 9.15 Å². The molecule has 0 saturated heterocycles. The molecule has 0 aliphatic rings. The molecule has 0 amide bonds. The zero-order valence-corrected chi connectivity index (χ0v) is 13.4. The van der Waals surface area contributed by atoms with Gasteiger partial charge in [0.2, 0.25) is 0 Å². The Labute approximate surface area is 127 Å². The van der Waals surface area contributed by atoms with Crippen LogP contribution in [-0.2, 0) is 13.2 Å². The number of hydrogen-bond acceptors (Lipinski definition) is 3. The normalized spacial score (nSPS) is 10.7. The van der Waals surface area contributed by atoms with Gasteiger partial charge in [-0.25, -0.2) is 0 Å². The lowest BCUT2D eigenvalue weighted by Gasteiger charge is -2.05. The fourth-order valence-electron chi connectivity index (χ4n) is 1.78. The molecular weight excluding hydrogens is 353 g/mol. The molecule has 0 fully saturated rings. The Balaban J connectivity index is 1.97. The van der Waals surface area contributed by atoms with Crippen LogP contribution in [0.4, 0.5) is 0 Å². The Bertz CT molecular complexity index is 537. The molecule has 19 heavy (non-hydrogen) atoms. The van der Waals surface area contributed by atoms with E-state index in [0.717, 1.165) is 35.9 Å². The third-order valence-corrected chi connectivity index (χ3v) is 3.48. The van der Waals surface area contributed by atoms with Crippen LogP contribution in [0.2, 0.25) is 0 Å². The molecule has 0 aliphatic carbocycles. The number of aryl methyl sites for hydroxylation is 1. The first-order chi connectivity index (χ1) is 9.19. The number of halogens is 1. The van der Waals surface area contributed by atoms with Crippen molar-refractivity contribution in [3.63, 3.8) is 0 Å². The monoisotopic (exact) mass is 371 g/mol. The van der Waals surface area contributed by atoms with Gasteiger partial charge in [0.25, 0.3) is 0 Å². The first kappa shape index (κ1) is 14.4. The summed E-state index contributed by atoms with van der Waals surface area (Å²) in [6, 6.07) is 10.1. The molecule has 1 heterocycles. The van der Waals surface area contributed by atoms with Crippen molar-refractivity contribution in [1.29, 1.82) is 0 Å². The van der Waals surface area contributed by atoms with E-state index in [0.29, 0.717) is 6.61 Å². The van der Waals surface area contributed by atoms with Crippen LogP contribution in [0, 0.1) is 10.5 Å². The van der Waals surface area contributed by atoms with Crippen molar-refractivity contribution in [2.45, 2.75) is 27.0 Å². The highest BCUT2D eigenvalue weighted by Crippen LogP contribution is 2.19. The first-order valence-electron chi connectivity index (χ1n) is 6.36. The lowest BCUT2D eigenvalue weighted by molar-refractivity contribution is 0.303. The van der Waals surface area contributed by atoms with Crippen LogP contribution in [-0.4, -0.2) is 6.54 Å². The van der Waals surface area contributed by atoms with Gasteiger partial charge in [-0.3, -0.25) is 0 Å². The molecule has 102 valence electrons. The van der Waals surface area contributed by atoms with Crippen LogP contribution in [0.3, 0.4) is 0 Å². The van der Waals surface area contributed by atoms with Crippen LogP contribution in [0.15, 0.2) is 34.7 Å². The van der Waals surface area contributed by atoms with Crippen LogP contribution >= 0.6 is 22.6 Å². The molecule has 0 aliphatic heterocycles. The Kier molecular flexibility index (Phi) is 5.27. The van der Waals surface area contributed by atoms with E-state index in [2.05, 4.69) is 40.9 Å². The van der Waals surface area contributed by atoms with E-state index < -0.39 is 0 Å². The van der Waals surface area contributed by atoms with E-state index in [9.17, 15) is 0 Å². The number of hydrogen-bond donors (Lipinski definition) is 1. The second-order valence-electron chi connectivity index (χ2n) is 4.32. The molecular formula is C15H18INO2. The number of benzene rings is 1. The highest BCUT2D eigenvalue weighted by Gasteiger charge is 2.07. The van der Waals surface area contributed by atoms with E-state index in [1.54, 1.807) is 0 Å². The second kappa shape index (κ2) is 6.96. The molecule has 0 atom stereocenters. The van der Waals surface area contributed by atoms with Gasteiger partial charge >= 0.3 is 0 Å². The maximum atomic E-state index is 5.79. The van der Waals surface area contributed by atoms with Crippen LogP contribution in [0.5, 0.6) is 5.75 Å². The SMILES string of the molecule is CCNCc1cc(COc2cccc(I)c2)c(C)o1. The quantitative estimate of drug-likeness (QED) is 0.783. The van der Waals surface area contributed by atoms with Gasteiger partial charge in [0.1, 0.15) is 23.9 Å². The van der Waals surface area contributed by atoms with Gasteiger partial charge < -0.3 is 14.5 Å². The number of ether oxygens (including phenoxy) is 1. The molecule has 0 radical (unpaired) electrons. The molecule has 1 aromatic heterocycles. The molecule has 2 rings (SSSR count). The Morgan fingerprint density at radius 1 is 1.32 bits per heavy atom. The summed E-state index contributed by atoms with van der Waals surface area (Å²) >= 11 is 2.28. The molecule has 0 unspecified atom stereocenters. The molecule has 0 saturated carbocycles. The molecule has 1 N–H and O–H groups in total. The largest absolute Gasteiger partial charge is 0.489 e. The minimum Gasteiger partial charge on any atom is -0.489 e. The third kappa shape index (κ3) is 4.24. The zero-order valence-electron chi connectivity index (χ0n) is 11.2. The second-order valence-corrected chi connectivity index (χ2v) is 5.57. The topological polar surface area (TPSA) is 34.4 Å². The lowest BCUT2D eigenvalue weighted by atomic mass is 10.2. The minimum atomic E-state index is 0.543. The maximum Gasteiger partial charge on any atom is 0.120 e. The summed E-state index contributed by atoms with van der Waals surface area (Å²) in [6.07, 6.45) is 0. The molecule has 3 nitrogen and oxygen atoms in total. The van der Waals surface area contributed by atoms with Crippen LogP contribution in [0.1, 0.15) is 24.0 Å². The van der Waals surface area contributed by atoms with Crippen molar-refractivity contribution in [3.8, 4) is 5.75 Å². The number of furan rings is 1. The standard InChI is InChI=1S/C15H18INO2/c1-3-17-9-15-7-12(11(2)19-15)10-18-14-6-4-5-13(16)8-14/h4-8,17H,3,9-10H2,1-2H3. The van der Waals surface area contributed by atoms with Crippen molar-refractivity contribution in [1.82, 2.24) is 5.32 Å². The van der Waals surface area contributed by atoms with Crippen molar-refractivity contribution in [2.24, 2.45) is 0 Å². The summed E-state index contributed by atoms with van der Waals surface area (Å²) in [4.78, 5) is 0. The van der Waals surface area contributed by atoms with Crippen molar-refractivity contribution in [3.05, 3.63) is 51.0 Å². The van der Waals surface area contributed by atoms with Crippen LogP contribution < -0.4 is 10.1 Å². The molecule has 0 spiro atoms. The van der Waals surface area contributed by atoms with Gasteiger partial charge in [-0.2, -0.15) is 0 Å². The van der Waals surface area contributed by atoms with Crippen LogP contribution in [0.25, 0.3) is 0 Å². The van der Waals surface area contributed by atoms with E-state index in [4.69, 9.17) is 9.15 Å². The van der Waals surface area contributed by atoms with E-state index in [-0.39, 0.29) is 0 Å². The third-order valence-electron chi connectivity index (χ3n) is 2.81. The van der Waals surface area contributed by atoms with E-state index in [1.807, 2.05) is 31.2 Å². The Hall–Kier alpha value is -1.01. The minimum absolute atomic E-state index is 0.543. The summed E-state index contributed by atoms with van der Waals surface area (Å²) in [6.45, 7) is 6.30. The van der Waals surface area contributed by atoms with Crippen molar-refractivity contribution in [2.75, 3.05) is 6.54 Å². The number of nitrogens with one attached hydrogen (secondary N) is 1. The first-order valence-corrected chi connectivity index (χ1v) is 7.44. The van der Waals surface area contributed by atoms with E-state index in [1.165, 1.54) is 3.57 Å². The highest BCUT2D eigenvalue weighted by atomic mass is 127. The average molecular weight is 371 g/mol. The summed E-state index contributed by atoms with van der Waals surface area (Å²) < 4.78 is 12.6. The van der Waals surface area contributed by atoms with Gasteiger partial charge in [-0.15, -0.1) is 0 Å². The summed E-state index contributed by atoms with van der Waals surface area (Å²) in [5.74, 6) is 2.78. The van der Waals surface area contributed by atoms with Crippen molar-refractivity contribution >= 4 is 22.6 Å². The predicted molar refractivity (Wildman–Crippen MR) is 84.3 cm³/mol. The average Bonchev–Trinajstić information content (AvgIpc) is 2.75. The van der Waals surface area contributed by atoms with Gasteiger partial charge in [-0.1, -0.05) is 13.0 Å². The van der Waals surface area contributed by atoms with E-state index >= 15 is 0 Å². The number of rotatable bonds is 6. The van der Waals surface area contributed by atoms with Gasteiger partial charge in [0.15, 0.2) is 0 Å². The molecule has 2 aromatic rings. The molecule has 4 heteroatoms.